The molecule has 0 aromatic heterocycles. The Morgan fingerprint density at radius 2 is 1.31 bits per heavy atom. The van der Waals surface area contributed by atoms with Crippen molar-refractivity contribution in [1.82, 2.24) is 0 Å². The maximum Gasteiger partial charge on any atom is 1.00 e. The Morgan fingerprint density at radius 1 is 0.844 bits per heavy atom. The molecule has 0 amide bonds. The van der Waals surface area contributed by atoms with Crippen LogP contribution in [0.3, 0.4) is 0 Å². The summed E-state index contributed by atoms with van der Waals surface area (Å²) in [5.74, 6) is 0.715. The van der Waals surface area contributed by atoms with Gasteiger partial charge in [0.05, 0.1) is 19.8 Å². The Hall–Kier alpha value is -2.46. The first-order chi connectivity index (χ1) is 14.4. The standard InChI is InChI=1S/C13H18O3.C11H14O3.Li.H2O/c1-3-15-13(14)8-5-9-16-12-7-4-6-11(2)10-12;1-9-4-2-5-10(8-9)14-7-3-6-11(12)13;;/h4,6-7,10H,3,5,8-9H2,1-2H3;2,4-5,8H,3,6-7H2,1H3,(H,12,13);;1H2/q;;+1;/p-1. The number of carbonyl (C=O) groups excluding carboxylic acids is 1. The molecule has 0 aliphatic rings. The van der Waals surface area contributed by atoms with E-state index in [0.717, 1.165) is 17.1 Å². The van der Waals surface area contributed by atoms with Crippen LogP contribution in [0.1, 0.15) is 43.7 Å². The quantitative estimate of drug-likeness (QED) is 0.322. The van der Waals surface area contributed by atoms with Crippen molar-refractivity contribution in [2.45, 2.75) is 46.5 Å². The van der Waals surface area contributed by atoms with Crippen molar-refractivity contribution in [1.29, 1.82) is 0 Å². The zero-order valence-electron chi connectivity index (χ0n) is 19.5. The number of benzene rings is 2. The first-order valence-corrected chi connectivity index (χ1v) is 10.2. The monoisotopic (exact) mass is 440 g/mol. The maximum atomic E-state index is 11.0. The molecule has 0 fully saturated rings. The first-order valence-electron chi connectivity index (χ1n) is 10.2. The van der Waals surface area contributed by atoms with Gasteiger partial charge in [0.2, 0.25) is 0 Å². The third-order valence-electron chi connectivity index (χ3n) is 3.88. The molecule has 0 atom stereocenters. The normalized spacial score (nSPS) is 9.22. The van der Waals surface area contributed by atoms with E-state index in [2.05, 4.69) is 0 Å². The molecule has 2 aromatic rings. The smallest absolute Gasteiger partial charge is 0.870 e. The van der Waals surface area contributed by atoms with Crippen LogP contribution in [0, 0.1) is 13.8 Å². The molecule has 2 rings (SSSR count). The number of carboxylic acid groups (broad SMARTS) is 1. The summed E-state index contributed by atoms with van der Waals surface area (Å²) in [6, 6.07) is 15.6. The van der Waals surface area contributed by atoms with Gasteiger partial charge in [-0.1, -0.05) is 24.3 Å². The first kappa shape index (κ1) is 31.7. The molecule has 32 heavy (non-hydrogen) atoms. The number of carbonyl (C=O) groups is 2. The molecule has 0 radical (unpaired) electrons. The van der Waals surface area contributed by atoms with Gasteiger partial charge in [0.15, 0.2) is 0 Å². The van der Waals surface area contributed by atoms with Crippen molar-refractivity contribution in [3.8, 4) is 11.5 Å². The maximum absolute atomic E-state index is 11.0. The number of aryl methyl sites for hydroxylation is 2. The zero-order chi connectivity index (χ0) is 22.2. The molecule has 172 valence electrons. The summed E-state index contributed by atoms with van der Waals surface area (Å²) in [7, 11) is 0. The number of hydrogen-bond donors (Lipinski definition) is 1. The molecule has 0 aliphatic carbocycles. The molecule has 2 N–H and O–H groups in total. The fraction of sp³-hybridized carbons (Fsp3) is 0.417. The van der Waals surface area contributed by atoms with Gasteiger partial charge in [0, 0.05) is 12.8 Å². The molecular weight excluding hydrogens is 407 g/mol. The van der Waals surface area contributed by atoms with Gasteiger partial charge in [0.1, 0.15) is 11.5 Å². The third kappa shape index (κ3) is 16.3. The van der Waals surface area contributed by atoms with Crippen LogP contribution in [-0.2, 0) is 14.3 Å². The summed E-state index contributed by atoms with van der Waals surface area (Å²) in [6.07, 6.45) is 1.81. The summed E-state index contributed by atoms with van der Waals surface area (Å²) in [5.41, 5.74) is 2.31. The molecule has 0 saturated carbocycles. The Balaban J connectivity index is 0. The van der Waals surface area contributed by atoms with Crippen molar-refractivity contribution in [2.75, 3.05) is 19.8 Å². The van der Waals surface area contributed by atoms with Crippen LogP contribution in [0.4, 0.5) is 0 Å². The molecule has 0 heterocycles. The van der Waals surface area contributed by atoms with E-state index >= 15 is 0 Å². The second-order valence-electron chi connectivity index (χ2n) is 6.74. The number of hydrogen-bond acceptors (Lipinski definition) is 6. The van der Waals surface area contributed by atoms with E-state index in [1.165, 1.54) is 5.56 Å². The van der Waals surface area contributed by atoms with Gasteiger partial charge >= 0.3 is 30.8 Å². The Bertz CT molecular complexity index is 780. The minimum Gasteiger partial charge on any atom is -0.870 e. The summed E-state index contributed by atoms with van der Waals surface area (Å²) < 4.78 is 15.7. The minimum absolute atomic E-state index is 0. The molecule has 0 aliphatic heterocycles. The van der Waals surface area contributed by atoms with Gasteiger partial charge < -0.3 is 24.8 Å². The number of aliphatic carboxylic acids is 1. The third-order valence-corrected chi connectivity index (χ3v) is 3.88. The van der Waals surface area contributed by atoms with Crippen molar-refractivity contribution in [3.05, 3.63) is 59.7 Å². The SMILES string of the molecule is CCOC(=O)CCCOc1cccc(C)c1.Cc1cccc(OCCCC(=O)O)c1.[Li+].[OH-]. The summed E-state index contributed by atoms with van der Waals surface area (Å²) >= 11 is 0. The van der Waals surface area contributed by atoms with Gasteiger partial charge in [-0.3, -0.25) is 9.59 Å². The fourth-order valence-corrected chi connectivity index (χ4v) is 2.46. The van der Waals surface area contributed by atoms with Crippen LogP contribution >= 0.6 is 0 Å². The van der Waals surface area contributed by atoms with Crippen LogP contribution in [-0.4, -0.2) is 42.3 Å². The fourth-order valence-electron chi connectivity index (χ4n) is 2.46. The molecule has 0 saturated heterocycles. The van der Waals surface area contributed by atoms with Gasteiger partial charge in [-0.25, -0.2) is 0 Å². The number of ether oxygens (including phenoxy) is 3. The van der Waals surface area contributed by atoms with E-state index in [0.29, 0.717) is 39.1 Å². The van der Waals surface area contributed by atoms with E-state index in [9.17, 15) is 9.59 Å². The van der Waals surface area contributed by atoms with Gasteiger partial charge in [-0.05, 0) is 69.0 Å². The van der Waals surface area contributed by atoms with E-state index < -0.39 is 5.97 Å². The summed E-state index contributed by atoms with van der Waals surface area (Å²) in [6.45, 7) is 7.26. The van der Waals surface area contributed by atoms with Crippen molar-refractivity contribution < 1.29 is 53.2 Å². The summed E-state index contributed by atoms with van der Waals surface area (Å²) in [5, 5.41) is 8.40. The molecule has 8 heteroatoms. The van der Waals surface area contributed by atoms with E-state index in [1.807, 2.05) is 62.4 Å². The van der Waals surface area contributed by atoms with Gasteiger partial charge in [-0.15, -0.1) is 0 Å². The average molecular weight is 440 g/mol. The molecule has 0 unspecified atom stereocenters. The minimum atomic E-state index is -0.780. The van der Waals surface area contributed by atoms with E-state index in [-0.39, 0.29) is 36.7 Å². The molecule has 2 aromatic carbocycles. The molecular formula is C24H33LiO7. The number of rotatable bonds is 11. The van der Waals surface area contributed by atoms with Crippen LogP contribution in [0.5, 0.6) is 11.5 Å². The zero-order valence-corrected chi connectivity index (χ0v) is 19.5. The van der Waals surface area contributed by atoms with Crippen LogP contribution in [0.25, 0.3) is 0 Å². The Labute approximate surface area is 202 Å². The van der Waals surface area contributed by atoms with E-state index in [1.54, 1.807) is 6.92 Å². The second-order valence-corrected chi connectivity index (χ2v) is 6.74. The molecule has 0 bridgehead atoms. The predicted molar refractivity (Wildman–Crippen MR) is 118 cm³/mol. The summed E-state index contributed by atoms with van der Waals surface area (Å²) in [4.78, 5) is 21.2. The van der Waals surface area contributed by atoms with Crippen LogP contribution in [0.2, 0.25) is 0 Å². The molecule has 7 nitrogen and oxygen atoms in total. The average Bonchev–Trinajstić information content (AvgIpc) is 2.69. The van der Waals surface area contributed by atoms with Crippen molar-refractivity contribution in [3.63, 3.8) is 0 Å². The van der Waals surface area contributed by atoms with Crippen molar-refractivity contribution >= 4 is 11.9 Å². The van der Waals surface area contributed by atoms with Crippen molar-refractivity contribution in [2.24, 2.45) is 0 Å². The second kappa shape index (κ2) is 19.2. The Kier molecular flexibility index (Phi) is 19.1. The number of esters is 1. The van der Waals surface area contributed by atoms with Crippen LogP contribution in [0.15, 0.2) is 48.5 Å². The topological polar surface area (TPSA) is 112 Å². The Morgan fingerprint density at radius 3 is 1.72 bits per heavy atom. The predicted octanol–water partition coefficient (Wildman–Crippen LogP) is 1.78. The van der Waals surface area contributed by atoms with Gasteiger partial charge in [-0.2, -0.15) is 0 Å². The largest absolute Gasteiger partial charge is 1.00 e. The molecule has 0 spiro atoms. The van der Waals surface area contributed by atoms with Gasteiger partial charge in [0.25, 0.3) is 0 Å². The number of carboxylic acids is 1. The van der Waals surface area contributed by atoms with Crippen LogP contribution < -0.4 is 28.3 Å². The van der Waals surface area contributed by atoms with E-state index in [4.69, 9.17) is 19.3 Å².